The summed E-state index contributed by atoms with van der Waals surface area (Å²) in [5.41, 5.74) is 3.58. The quantitative estimate of drug-likeness (QED) is 0.605. The largest absolute Gasteiger partial charge is 0.353 e. The number of fused-ring (bicyclic) bond motifs is 1. The number of rotatable bonds is 5. The van der Waals surface area contributed by atoms with Crippen LogP contribution in [0.1, 0.15) is 55.1 Å². The molecule has 0 spiro atoms. The van der Waals surface area contributed by atoms with Crippen LogP contribution in [0.2, 0.25) is 5.28 Å². The third kappa shape index (κ3) is 3.55. The van der Waals surface area contributed by atoms with Crippen LogP contribution in [-0.2, 0) is 20.1 Å². The summed E-state index contributed by atoms with van der Waals surface area (Å²) in [6.45, 7) is 3.43. The van der Waals surface area contributed by atoms with Crippen molar-refractivity contribution in [1.29, 1.82) is 0 Å². The lowest BCUT2D eigenvalue weighted by Crippen LogP contribution is -2.41. The predicted molar refractivity (Wildman–Crippen MR) is 113 cm³/mol. The van der Waals surface area contributed by atoms with E-state index < -0.39 is 0 Å². The molecule has 148 valence electrons. The van der Waals surface area contributed by atoms with Crippen molar-refractivity contribution in [3.63, 3.8) is 0 Å². The van der Waals surface area contributed by atoms with Crippen molar-refractivity contribution < 1.29 is 4.79 Å². The van der Waals surface area contributed by atoms with Crippen LogP contribution in [0.4, 0.5) is 0 Å². The van der Waals surface area contributed by atoms with Crippen LogP contribution in [0, 0.1) is 0 Å². The number of imidazole rings is 1. The van der Waals surface area contributed by atoms with Crippen molar-refractivity contribution in [3.05, 3.63) is 53.1 Å². The standard InChI is InChI=1S/C22H27ClN4O/c1-3-26-20-12-11-16(14-19(20)24-22(26)23)21(28)27(17-8-5-4-6-9-17)15-18-10-7-13-25(18)2/h7,10-14,17H,3-6,8-9,15H2,1-2H3. The van der Waals surface area contributed by atoms with Gasteiger partial charge in [-0.25, -0.2) is 4.98 Å². The van der Waals surface area contributed by atoms with Gasteiger partial charge >= 0.3 is 0 Å². The molecular formula is C22H27ClN4O. The van der Waals surface area contributed by atoms with Gasteiger partial charge in [0.25, 0.3) is 5.91 Å². The van der Waals surface area contributed by atoms with Gasteiger partial charge in [0, 0.05) is 37.1 Å². The smallest absolute Gasteiger partial charge is 0.254 e. The Hall–Kier alpha value is -2.27. The van der Waals surface area contributed by atoms with Gasteiger partial charge in [-0.15, -0.1) is 0 Å². The Bertz CT molecular complexity index is 984. The van der Waals surface area contributed by atoms with Crippen molar-refractivity contribution in [2.24, 2.45) is 7.05 Å². The van der Waals surface area contributed by atoms with Crippen LogP contribution in [0.3, 0.4) is 0 Å². The molecule has 0 unspecified atom stereocenters. The summed E-state index contributed by atoms with van der Waals surface area (Å²) in [6, 6.07) is 10.2. The number of carbonyl (C=O) groups is 1. The van der Waals surface area contributed by atoms with Crippen LogP contribution in [0.25, 0.3) is 11.0 Å². The third-order valence-electron chi connectivity index (χ3n) is 5.92. The van der Waals surface area contributed by atoms with Gasteiger partial charge in [-0.05, 0) is 61.7 Å². The Morgan fingerprint density at radius 3 is 2.71 bits per heavy atom. The maximum absolute atomic E-state index is 13.5. The molecule has 0 bridgehead atoms. The predicted octanol–water partition coefficient (Wildman–Crippen LogP) is 5.02. The van der Waals surface area contributed by atoms with Gasteiger partial charge in [-0.2, -0.15) is 0 Å². The Balaban J connectivity index is 1.67. The molecule has 0 atom stereocenters. The second kappa shape index (κ2) is 8.00. The molecule has 2 aromatic heterocycles. The van der Waals surface area contributed by atoms with Gasteiger partial charge in [0.15, 0.2) is 0 Å². The summed E-state index contributed by atoms with van der Waals surface area (Å²) >= 11 is 6.25. The van der Waals surface area contributed by atoms with E-state index in [0.717, 1.165) is 36.1 Å². The summed E-state index contributed by atoms with van der Waals surface area (Å²) in [6.07, 6.45) is 7.84. The van der Waals surface area contributed by atoms with Gasteiger partial charge in [0.05, 0.1) is 17.6 Å². The number of amides is 1. The molecule has 0 aliphatic heterocycles. The van der Waals surface area contributed by atoms with Crippen LogP contribution in [0.15, 0.2) is 36.5 Å². The molecule has 0 radical (unpaired) electrons. The molecule has 6 heteroatoms. The average molecular weight is 399 g/mol. The summed E-state index contributed by atoms with van der Waals surface area (Å²) < 4.78 is 4.04. The van der Waals surface area contributed by atoms with E-state index in [4.69, 9.17) is 11.6 Å². The first-order valence-corrected chi connectivity index (χ1v) is 10.5. The van der Waals surface area contributed by atoms with Gasteiger partial charge in [0.1, 0.15) is 0 Å². The molecule has 1 fully saturated rings. The lowest BCUT2D eigenvalue weighted by Gasteiger charge is -2.34. The maximum atomic E-state index is 13.5. The van der Waals surface area contributed by atoms with Crippen molar-refractivity contribution in [2.75, 3.05) is 0 Å². The Labute approximate surface area is 170 Å². The zero-order chi connectivity index (χ0) is 19.7. The summed E-state index contributed by atoms with van der Waals surface area (Å²) in [4.78, 5) is 20.0. The summed E-state index contributed by atoms with van der Waals surface area (Å²) in [5.74, 6) is 0.0807. The minimum Gasteiger partial charge on any atom is -0.353 e. The Kier molecular flexibility index (Phi) is 5.44. The van der Waals surface area contributed by atoms with E-state index >= 15 is 0 Å². The number of nitrogens with zero attached hydrogens (tertiary/aromatic N) is 4. The minimum absolute atomic E-state index is 0.0807. The molecule has 1 aromatic carbocycles. The topological polar surface area (TPSA) is 43.1 Å². The van der Waals surface area contributed by atoms with E-state index in [0.29, 0.717) is 23.4 Å². The maximum Gasteiger partial charge on any atom is 0.254 e. The number of halogens is 1. The molecular weight excluding hydrogens is 372 g/mol. The zero-order valence-corrected chi connectivity index (χ0v) is 17.3. The Morgan fingerprint density at radius 2 is 2.04 bits per heavy atom. The van der Waals surface area contributed by atoms with E-state index in [1.807, 2.05) is 49.0 Å². The number of hydrogen-bond donors (Lipinski definition) is 0. The van der Waals surface area contributed by atoms with Gasteiger partial charge < -0.3 is 14.0 Å². The average Bonchev–Trinajstić information content (AvgIpc) is 3.26. The van der Waals surface area contributed by atoms with Crippen molar-refractivity contribution in [3.8, 4) is 0 Å². The highest BCUT2D eigenvalue weighted by molar-refractivity contribution is 6.29. The van der Waals surface area contributed by atoms with Gasteiger partial charge in [-0.1, -0.05) is 19.3 Å². The molecule has 3 aromatic rings. The van der Waals surface area contributed by atoms with E-state index in [1.54, 1.807) is 0 Å². The zero-order valence-electron chi connectivity index (χ0n) is 16.6. The van der Waals surface area contributed by atoms with Crippen LogP contribution in [-0.4, -0.2) is 31.0 Å². The van der Waals surface area contributed by atoms with Crippen LogP contribution in [0.5, 0.6) is 0 Å². The van der Waals surface area contributed by atoms with E-state index in [2.05, 4.69) is 20.5 Å². The van der Waals surface area contributed by atoms with Gasteiger partial charge in [-0.3, -0.25) is 4.79 Å². The van der Waals surface area contributed by atoms with E-state index in [1.165, 1.54) is 19.3 Å². The fraction of sp³-hybridized carbons (Fsp3) is 0.455. The van der Waals surface area contributed by atoms with Crippen LogP contribution >= 0.6 is 11.6 Å². The SMILES string of the molecule is CCn1c(Cl)nc2cc(C(=O)N(Cc3cccn3C)C3CCCCC3)ccc21. The molecule has 1 amide bonds. The summed E-state index contributed by atoms with van der Waals surface area (Å²) in [7, 11) is 2.03. The van der Waals surface area contributed by atoms with Crippen molar-refractivity contribution >= 4 is 28.5 Å². The molecule has 0 saturated heterocycles. The highest BCUT2D eigenvalue weighted by atomic mass is 35.5. The molecule has 1 aliphatic carbocycles. The first-order chi connectivity index (χ1) is 13.6. The lowest BCUT2D eigenvalue weighted by atomic mass is 9.93. The van der Waals surface area contributed by atoms with E-state index in [-0.39, 0.29) is 5.91 Å². The number of aromatic nitrogens is 3. The molecule has 0 N–H and O–H groups in total. The molecule has 4 rings (SSSR count). The molecule has 5 nitrogen and oxygen atoms in total. The number of hydrogen-bond acceptors (Lipinski definition) is 2. The fourth-order valence-electron chi connectivity index (χ4n) is 4.29. The second-order valence-electron chi connectivity index (χ2n) is 7.66. The number of benzene rings is 1. The van der Waals surface area contributed by atoms with E-state index in [9.17, 15) is 4.79 Å². The van der Waals surface area contributed by atoms with Crippen LogP contribution < -0.4 is 0 Å². The number of aryl methyl sites for hydroxylation is 2. The highest BCUT2D eigenvalue weighted by Crippen LogP contribution is 2.27. The normalized spacial score (nSPS) is 15.2. The molecule has 28 heavy (non-hydrogen) atoms. The minimum atomic E-state index is 0.0807. The fourth-order valence-corrected chi connectivity index (χ4v) is 4.60. The van der Waals surface area contributed by atoms with Gasteiger partial charge in [0.2, 0.25) is 5.28 Å². The van der Waals surface area contributed by atoms with Crippen molar-refractivity contribution in [2.45, 2.75) is 58.2 Å². The Morgan fingerprint density at radius 1 is 1.25 bits per heavy atom. The second-order valence-corrected chi connectivity index (χ2v) is 8.00. The first-order valence-electron chi connectivity index (χ1n) is 10.2. The number of carbonyl (C=O) groups excluding carboxylic acids is 1. The summed E-state index contributed by atoms with van der Waals surface area (Å²) in [5, 5.41) is 0.468. The monoisotopic (exact) mass is 398 g/mol. The third-order valence-corrected chi connectivity index (χ3v) is 6.21. The lowest BCUT2D eigenvalue weighted by molar-refractivity contribution is 0.0609. The highest BCUT2D eigenvalue weighted by Gasteiger charge is 2.27. The molecule has 1 aliphatic rings. The molecule has 2 heterocycles. The first kappa shape index (κ1) is 19.1. The van der Waals surface area contributed by atoms with Crippen molar-refractivity contribution in [1.82, 2.24) is 19.0 Å². The molecule has 1 saturated carbocycles.